The highest BCUT2D eigenvalue weighted by Gasteiger charge is 2.48. The van der Waals surface area contributed by atoms with Crippen LogP contribution in [0.3, 0.4) is 0 Å². The summed E-state index contributed by atoms with van der Waals surface area (Å²) >= 11 is 0. The number of aliphatic carboxylic acids is 4. The summed E-state index contributed by atoms with van der Waals surface area (Å²) in [6.07, 6.45) is -0.994. The summed E-state index contributed by atoms with van der Waals surface area (Å²) in [4.78, 5) is 197. The Kier molecular flexibility index (Phi) is 31.3. The molecule has 12 N–H and O–H groups in total. The lowest BCUT2D eigenvalue weighted by molar-refractivity contribution is -0.145. The number of benzene rings is 2. The predicted molar refractivity (Wildman–Crippen MR) is 375 cm³/mol. The largest absolute Gasteiger partial charge is 0.480 e. The van der Waals surface area contributed by atoms with E-state index in [0.29, 0.717) is 9.80 Å². The molecule has 40 heteroatoms. The fraction of sp³-hybridized carbons (Fsp3) is 0.507. The molecule has 0 radical (unpaired) electrons. The van der Waals surface area contributed by atoms with Gasteiger partial charge in [-0.25, -0.2) is 17.6 Å². The minimum atomic E-state index is -3.28. The van der Waals surface area contributed by atoms with Gasteiger partial charge in [0.15, 0.2) is 0 Å². The Morgan fingerprint density at radius 2 is 0.908 bits per heavy atom. The SMILES string of the molecule is N#C[C@@H]1CC(F)(F)CN1C(=O)CNC(=O)c1ccnc2c(NC(=O)CCC(=O)NCCCCC(NC(=O)CCC(=O)Nc3cccc4c(C(=O)NCC(=O)N5CC(F)(F)C[C@H]5C#N)ccnc34)C(=O)NCCNC(=O)CCC(C(=O)O)N3CCN(CC(=O)O)CCN(CC(=O)O)CCN(CC(=O)O)CC3)cccc12. The predicted octanol–water partition coefficient (Wildman–Crippen LogP) is -0.388. The van der Waals surface area contributed by atoms with Crippen molar-refractivity contribution in [1.29, 1.82) is 10.5 Å². The average molecular weight is 1530 g/mol. The Morgan fingerprint density at radius 3 is 1.35 bits per heavy atom. The molecule has 2 aromatic heterocycles. The van der Waals surface area contributed by atoms with Gasteiger partial charge in [0.2, 0.25) is 47.3 Å². The number of carboxylic acid groups (broad SMARTS) is 4. The summed E-state index contributed by atoms with van der Waals surface area (Å²) in [6, 6.07) is 9.57. The van der Waals surface area contributed by atoms with Crippen LogP contribution < -0.4 is 42.5 Å². The summed E-state index contributed by atoms with van der Waals surface area (Å²) in [6.45, 7) is -4.74. The third-order valence-electron chi connectivity index (χ3n) is 18.0. The normalized spacial score (nSPS) is 17.5. The fourth-order valence-electron chi connectivity index (χ4n) is 12.5. The van der Waals surface area contributed by atoms with Crippen molar-refractivity contribution in [2.24, 2.45) is 0 Å². The van der Waals surface area contributed by atoms with Crippen LogP contribution in [0, 0.1) is 22.7 Å². The van der Waals surface area contributed by atoms with Crippen LogP contribution in [0.25, 0.3) is 21.8 Å². The molecule has 0 bridgehead atoms. The lowest BCUT2D eigenvalue weighted by atomic mass is 10.1. The molecule has 4 atom stereocenters. The van der Waals surface area contributed by atoms with E-state index in [1.807, 2.05) is 0 Å². The van der Waals surface area contributed by atoms with Gasteiger partial charge in [-0.2, -0.15) is 10.5 Å². The van der Waals surface area contributed by atoms with Crippen molar-refractivity contribution in [1.82, 2.24) is 71.3 Å². The fourth-order valence-corrected chi connectivity index (χ4v) is 12.5. The number of nitrogens with zero attached hydrogens (tertiary/aromatic N) is 10. The molecule has 4 aromatic rings. The molecule has 0 spiro atoms. The number of unbranched alkanes of at least 4 members (excludes halogenated alkanes) is 1. The van der Waals surface area contributed by atoms with Crippen LogP contribution in [-0.2, 0) is 57.5 Å². The summed E-state index contributed by atoms with van der Waals surface area (Å²) < 4.78 is 56.0. The van der Waals surface area contributed by atoms with Gasteiger partial charge in [-0.05, 0) is 49.9 Å². The van der Waals surface area contributed by atoms with E-state index in [2.05, 4.69) is 52.5 Å². The van der Waals surface area contributed by atoms with Gasteiger partial charge >= 0.3 is 23.9 Å². The van der Waals surface area contributed by atoms with Crippen LogP contribution in [0.15, 0.2) is 60.9 Å². The molecular formula is C69H84F4N18O18. The lowest BCUT2D eigenvalue weighted by Gasteiger charge is -2.35. The number of carboxylic acids is 4. The number of fused-ring (bicyclic) bond motifs is 2. The molecule has 0 saturated carbocycles. The van der Waals surface area contributed by atoms with Crippen molar-refractivity contribution in [3.63, 3.8) is 0 Å². The van der Waals surface area contributed by atoms with Crippen LogP contribution in [0.2, 0.25) is 0 Å². The van der Waals surface area contributed by atoms with Crippen LogP contribution >= 0.6 is 0 Å². The molecule has 2 unspecified atom stereocenters. The molecule has 36 nitrogen and oxygen atoms in total. The van der Waals surface area contributed by atoms with Gasteiger partial charge in [0.05, 0.1) is 91.5 Å². The van der Waals surface area contributed by atoms with Crippen molar-refractivity contribution in [3.8, 4) is 12.1 Å². The highest BCUT2D eigenvalue weighted by Crippen LogP contribution is 2.33. The third-order valence-corrected chi connectivity index (χ3v) is 18.0. The Labute approximate surface area is 620 Å². The summed E-state index contributed by atoms with van der Waals surface area (Å²) in [7, 11) is 0. The van der Waals surface area contributed by atoms with E-state index >= 15 is 0 Å². The summed E-state index contributed by atoms with van der Waals surface area (Å²) in [5.41, 5.74) is 0.547. The number of para-hydroxylation sites is 2. The molecule has 0 aliphatic carbocycles. The minimum absolute atomic E-state index is 0.0112. The Bertz CT molecular complexity index is 4110. The second-order valence-corrected chi connectivity index (χ2v) is 26.1. The number of hydrogen-bond donors (Lipinski definition) is 12. The molecule has 2 aromatic carbocycles. The number of halogens is 4. The molecular weight excluding hydrogens is 1440 g/mol. The van der Waals surface area contributed by atoms with Crippen LogP contribution in [0.4, 0.5) is 28.9 Å². The van der Waals surface area contributed by atoms with E-state index in [4.69, 9.17) is 0 Å². The number of aromatic nitrogens is 2. The first-order valence-electron chi connectivity index (χ1n) is 34.8. The number of nitriles is 2. The molecule has 7 rings (SSSR count). The number of alkyl halides is 4. The number of likely N-dealkylation sites (tertiary alicyclic amines) is 2. The van der Waals surface area contributed by atoms with Crippen LogP contribution in [-0.4, -0.2) is 297 Å². The first-order valence-corrected chi connectivity index (χ1v) is 34.8. The topological polar surface area (TPSA) is 509 Å². The number of rotatable bonds is 35. The van der Waals surface area contributed by atoms with E-state index in [1.165, 1.54) is 75.6 Å². The maximum atomic E-state index is 14.0. The quantitative estimate of drug-likeness (QED) is 0.0206. The summed E-state index contributed by atoms with van der Waals surface area (Å²) in [5.74, 6) is -18.8. The second-order valence-electron chi connectivity index (χ2n) is 26.1. The van der Waals surface area contributed by atoms with Gasteiger partial charge < -0.3 is 72.8 Å². The van der Waals surface area contributed by atoms with Gasteiger partial charge in [0.25, 0.3) is 23.7 Å². The monoisotopic (exact) mass is 1530 g/mol. The molecule has 109 heavy (non-hydrogen) atoms. The van der Waals surface area contributed by atoms with Crippen molar-refractivity contribution in [3.05, 3.63) is 72.1 Å². The number of carbonyl (C=O) groups is 14. The number of pyridine rings is 2. The van der Waals surface area contributed by atoms with Gasteiger partial charge in [-0.3, -0.25) is 96.7 Å². The van der Waals surface area contributed by atoms with Gasteiger partial charge in [0.1, 0.15) is 24.2 Å². The van der Waals surface area contributed by atoms with Gasteiger partial charge in [0, 0.05) is 140 Å². The molecule has 10 amide bonds. The van der Waals surface area contributed by atoms with E-state index in [1.54, 1.807) is 17.0 Å². The zero-order chi connectivity index (χ0) is 79.5. The number of amides is 10. The Balaban J connectivity index is 0.927. The van der Waals surface area contributed by atoms with Crippen molar-refractivity contribution in [2.75, 3.05) is 128 Å². The molecule has 3 fully saturated rings. The van der Waals surface area contributed by atoms with Crippen molar-refractivity contribution >= 4 is 116 Å². The maximum Gasteiger partial charge on any atom is 0.320 e. The van der Waals surface area contributed by atoms with Gasteiger partial charge in [-0.15, -0.1) is 0 Å². The average Bonchev–Trinajstić information content (AvgIpc) is 1.61. The number of nitrogens with one attached hydrogen (secondary N) is 8. The van der Waals surface area contributed by atoms with E-state index < -0.39 is 190 Å². The molecule has 586 valence electrons. The summed E-state index contributed by atoms with van der Waals surface area (Å²) in [5, 5.41) is 78.8. The highest BCUT2D eigenvalue weighted by molar-refractivity contribution is 6.12. The van der Waals surface area contributed by atoms with E-state index in [9.17, 15) is 116 Å². The van der Waals surface area contributed by atoms with E-state index in [-0.39, 0.29) is 161 Å². The van der Waals surface area contributed by atoms with Crippen molar-refractivity contribution < 1.29 is 105 Å². The lowest BCUT2D eigenvalue weighted by Crippen LogP contribution is -2.52. The second kappa shape index (κ2) is 40.4. The first kappa shape index (κ1) is 84.6. The van der Waals surface area contributed by atoms with E-state index in [0.717, 1.165) is 0 Å². The first-order chi connectivity index (χ1) is 51.8. The number of anilines is 2. The number of carbonyl (C=O) groups excluding carboxylic acids is 10. The standard InChI is InChI=1S/C69H84F4N18O18/c70-68(71)31-42(33-74)90(40-68)57(97)35-81-64(105)46-16-19-78-62-44(46)5-3-8-48(62)83-54(94)13-12-53(93)76-18-2-1-7-50(85-56(96)15-14-55(95)84-49-9-4-6-45-47(17-20-79-63(45)49)65(106)82-36-58(98)91-41-69(72,73)32-43(91)34-75)66(107)80-22-21-77-52(92)11-10-51(67(108)109)89-29-27-87(38-60(101)102)25-23-86(37-59(99)100)24-26-88(28-30-89)39-61(103)104/h3-6,8-9,16-17,19-20,42-43,50-51H,1-2,7,10-15,18,21-32,35-41H2,(H,76,93)(H,77,92)(H,80,107)(H,81,105)(H,82,106)(H,83,94)(H,84,95)(H,85,96)(H,99,100)(H,101,102)(H,103,104)(H,108,109)/t42-,43-,50?,51?/m0/s1. The van der Waals surface area contributed by atoms with Gasteiger partial charge in [-0.1, -0.05) is 24.3 Å². The number of hydrogen-bond acceptors (Lipinski definition) is 22. The molecule has 3 saturated heterocycles. The molecule has 3 aliphatic rings. The minimum Gasteiger partial charge on any atom is -0.480 e. The molecule has 3 aliphatic heterocycles. The zero-order valence-corrected chi connectivity index (χ0v) is 59.1. The smallest absolute Gasteiger partial charge is 0.320 e. The Morgan fingerprint density at radius 1 is 0.495 bits per heavy atom. The maximum absolute atomic E-state index is 14.0. The molecule has 5 heterocycles. The third kappa shape index (κ3) is 26.4. The van der Waals surface area contributed by atoms with Crippen LogP contribution in [0.1, 0.15) is 91.3 Å². The zero-order valence-electron chi connectivity index (χ0n) is 59.1. The highest BCUT2D eigenvalue weighted by atomic mass is 19.3. The van der Waals surface area contributed by atoms with Crippen molar-refractivity contribution in [2.45, 2.75) is 107 Å². The Hall–Kier alpha value is -11.6. The van der Waals surface area contributed by atoms with Crippen LogP contribution in [0.5, 0.6) is 0 Å².